The smallest absolute Gasteiger partial charge is 0.323 e. The minimum absolute atomic E-state index is 0.185. The number of hydrogen-bond donors (Lipinski definition) is 0. The van der Waals surface area contributed by atoms with Crippen molar-refractivity contribution >= 4 is 11.9 Å². The third kappa shape index (κ3) is 2.08. The Bertz CT molecular complexity index is 510. The van der Waals surface area contributed by atoms with E-state index in [1.165, 1.54) is 14.2 Å². The Morgan fingerprint density at radius 2 is 1.65 bits per heavy atom. The lowest BCUT2D eigenvalue weighted by Gasteiger charge is -2.38. The van der Waals surface area contributed by atoms with Crippen molar-refractivity contribution in [3.8, 4) is 0 Å². The summed E-state index contributed by atoms with van der Waals surface area (Å²) in [5.74, 6) is -1.21. The summed E-state index contributed by atoms with van der Waals surface area (Å²) in [7, 11) is 2.52. The second-order valence-electron chi connectivity index (χ2n) is 5.10. The number of carbonyl (C=O) groups excluding carboxylic acids is 2. The van der Waals surface area contributed by atoms with Crippen LogP contribution in [0.25, 0.3) is 0 Å². The second-order valence-corrected chi connectivity index (χ2v) is 5.10. The first-order valence-electron chi connectivity index (χ1n) is 6.29. The van der Waals surface area contributed by atoms with Gasteiger partial charge in [0.05, 0.1) is 27.4 Å². The first kappa shape index (κ1) is 14.5. The average Bonchev–Trinajstić information content (AvgIpc) is 2.44. The summed E-state index contributed by atoms with van der Waals surface area (Å²) >= 11 is 0. The van der Waals surface area contributed by atoms with Gasteiger partial charge in [-0.05, 0) is 35.1 Å². The number of esters is 2. The van der Waals surface area contributed by atoms with E-state index in [0.717, 1.165) is 16.7 Å². The van der Waals surface area contributed by atoms with Crippen LogP contribution in [0.4, 0.5) is 0 Å². The van der Waals surface area contributed by atoms with Crippen LogP contribution < -0.4 is 0 Å². The van der Waals surface area contributed by atoms with Gasteiger partial charge in [0.2, 0.25) is 0 Å². The van der Waals surface area contributed by atoms with Crippen LogP contribution in [0.5, 0.6) is 0 Å². The number of methoxy groups -OCH3 is 2. The lowest BCUT2D eigenvalue weighted by Crippen LogP contribution is -2.45. The quantitative estimate of drug-likeness (QED) is 0.566. The number of ether oxygens (including phenoxy) is 3. The largest absolute Gasteiger partial charge is 0.468 e. The van der Waals surface area contributed by atoms with Crippen molar-refractivity contribution in [3.63, 3.8) is 0 Å². The first-order valence-corrected chi connectivity index (χ1v) is 6.29. The van der Waals surface area contributed by atoms with Crippen molar-refractivity contribution in [3.05, 3.63) is 35.5 Å². The summed E-state index contributed by atoms with van der Waals surface area (Å²) in [4.78, 5) is 24.3. The van der Waals surface area contributed by atoms with Gasteiger partial charge in [-0.15, -0.1) is 0 Å². The van der Waals surface area contributed by atoms with E-state index in [1.807, 2.05) is 0 Å². The highest BCUT2D eigenvalue weighted by Crippen LogP contribution is 2.46. The third-order valence-electron chi connectivity index (χ3n) is 3.80. The van der Waals surface area contributed by atoms with E-state index >= 15 is 0 Å². The van der Waals surface area contributed by atoms with Gasteiger partial charge >= 0.3 is 11.9 Å². The van der Waals surface area contributed by atoms with E-state index in [1.54, 1.807) is 0 Å². The van der Waals surface area contributed by atoms with Crippen LogP contribution in [-0.2, 0) is 23.8 Å². The molecule has 2 rings (SSSR count). The molecular weight excluding hydrogens is 260 g/mol. The van der Waals surface area contributed by atoms with E-state index in [9.17, 15) is 9.59 Å². The standard InChI is InChI=1S/C15H18O5/c1-9-5-15(13(16)18-3,14(17)19-4)6-11-8-20-7-10(2)12(9)11/h1-2,5-8H2,3-4H3. The highest BCUT2D eigenvalue weighted by molar-refractivity contribution is 6.01. The fourth-order valence-electron chi connectivity index (χ4n) is 2.97. The molecule has 0 radical (unpaired) electrons. The van der Waals surface area contributed by atoms with Crippen molar-refractivity contribution < 1.29 is 23.8 Å². The molecule has 0 bridgehead atoms. The Morgan fingerprint density at radius 1 is 1.05 bits per heavy atom. The Kier molecular flexibility index (Phi) is 3.81. The molecule has 2 aliphatic rings. The summed E-state index contributed by atoms with van der Waals surface area (Å²) in [6.45, 7) is 8.75. The van der Waals surface area contributed by atoms with Crippen molar-refractivity contribution in [1.82, 2.24) is 0 Å². The van der Waals surface area contributed by atoms with Crippen LogP contribution in [0.15, 0.2) is 35.5 Å². The third-order valence-corrected chi connectivity index (χ3v) is 3.80. The Balaban J connectivity index is 2.49. The Labute approximate surface area is 117 Å². The summed E-state index contributed by atoms with van der Waals surface area (Å²) < 4.78 is 15.0. The molecule has 5 nitrogen and oxygen atoms in total. The summed E-state index contributed by atoms with van der Waals surface area (Å²) in [6.07, 6.45) is 0.407. The summed E-state index contributed by atoms with van der Waals surface area (Å²) in [6, 6.07) is 0. The first-order chi connectivity index (χ1) is 9.46. The van der Waals surface area contributed by atoms with E-state index in [4.69, 9.17) is 14.2 Å². The molecule has 0 fully saturated rings. The molecule has 0 saturated carbocycles. The molecule has 20 heavy (non-hydrogen) atoms. The van der Waals surface area contributed by atoms with Gasteiger partial charge < -0.3 is 14.2 Å². The van der Waals surface area contributed by atoms with Gasteiger partial charge in [-0.2, -0.15) is 0 Å². The minimum atomic E-state index is -1.36. The molecule has 1 aliphatic carbocycles. The molecule has 0 aromatic carbocycles. The van der Waals surface area contributed by atoms with Gasteiger partial charge in [0.15, 0.2) is 5.41 Å². The molecule has 5 heteroatoms. The number of carbonyl (C=O) groups is 2. The molecule has 0 aromatic rings. The van der Waals surface area contributed by atoms with Crippen molar-refractivity contribution in [1.29, 1.82) is 0 Å². The SMILES string of the molecule is C=C1COCC2=C1C(=C)CC(C(=O)OC)(C(=O)OC)C2. The van der Waals surface area contributed by atoms with Crippen molar-refractivity contribution in [2.75, 3.05) is 27.4 Å². The molecule has 0 amide bonds. The fourth-order valence-corrected chi connectivity index (χ4v) is 2.97. The predicted octanol–water partition coefficient (Wildman–Crippen LogP) is 1.55. The van der Waals surface area contributed by atoms with Crippen LogP contribution in [-0.4, -0.2) is 39.4 Å². The molecule has 0 aromatic heterocycles. The molecule has 0 saturated heterocycles. The average molecular weight is 278 g/mol. The van der Waals surface area contributed by atoms with Crippen LogP contribution in [0.3, 0.4) is 0 Å². The maximum Gasteiger partial charge on any atom is 0.323 e. The highest BCUT2D eigenvalue weighted by atomic mass is 16.5. The summed E-state index contributed by atoms with van der Waals surface area (Å²) in [5.41, 5.74) is 1.98. The van der Waals surface area contributed by atoms with E-state index in [-0.39, 0.29) is 12.8 Å². The maximum absolute atomic E-state index is 12.1. The lowest BCUT2D eigenvalue weighted by atomic mass is 9.68. The number of allylic oxidation sites excluding steroid dienone is 1. The van der Waals surface area contributed by atoms with Gasteiger partial charge in [-0.3, -0.25) is 9.59 Å². The minimum Gasteiger partial charge on any atom is -0.468 e. The van der Waals surface area contributed by atoms with Gasteiger partial charge in [0.25, 0.3) is 0 Å². The molecule has 0 N–H and O–H groups in total. The molecule has 1 aliphatic heterocycles. The topological polar surface area (TPSA) is 61.8 Å². The van der Waals surface area contributed by atoms with E-state index < -0.39 is 17.4 Å². The van der Waals surface area contributed by atoms with Gasteiger partial charge in [0.1, 0.15) is 0 Å². The van der Waals surface area contributed by atoms with Crippen LogP contribution in [0.2, 0.25) is 0 Å². The lowest BCUT2D eigenvalue weighted by molar-refractivity contribution is -0.169. The van der Waals surface area contributed by atoms with Crippen LogP contribution in [0, 0.1) is 5.41 Å². The Morgan fingerprint density at radius 3 is 2.20 bits per heavy atom. The number of hydrogen-bond acceptors (Lipinski definition) is 5. The summed E-state index contributed by atoms with van der Waals surface area (Å²) in [5, 5.41) is 0. The normalized spacial score (nSPS) is 21.3. The van der Waals surface area contributed by atoms with E-state index in [2.05, 4.69) is 13.2 Å². The van der Waals surface area contributed by atoms with Crippen LogP contribution in [0.1, 0.15) is 12.8 Å². The van der Waals surface area contributed by atoms with Crippen LogP contribution >= 0.6 is 0 Å². The zero-order chi connectivity index (χ0) is 14.9. The molecule has 1 heterocycles. The zero-order valence-corrected chi connectivity index (χ0v) is 11.8. The molecule has 108 valence electrons. The zero-order valence-electron chi connectivity index (χ0n) is 11.8. The highest BCUT2D eigenvalue weighted by Gasteiger charge is 2.52. The second kappa shape index (κ2) is 5.25. The van der Waals surface area contributed by atoms with Crippen molar-refractivity contribution in [2.45, 2.75) is 12.8 Å². The molecule has 0 atom stereocenters. The fraction of sp³-hybridized carbons (Fsp3) is 0.467. The van der Waals surface area contributed by atoms with E-state index in [0.29, 0.717) is 18.8 Å². The monoisotopic (exact) mass is 278 g/mol. The Hall–Kier alpha value is -1.88. The van der Waals surface area contributed by atoms with Gasteiger partial charge in [-0.25, -0.2) is 0 Å². The van der Waals surface area contributed by atoms with Gasteiger partial charge in [0, 0.05) is 0 Å². The molecule has 0 unspecified atom stereocenters. The molecular formula is C15H18O5. The molecule has 0 spiro atoms. The maximum atomic E-state index is 12.1. The van der Waals surface area contributed by atoms with Crippen molar-refractivity contribution in [2.24, 2.45) is 5.41 Å². The number of rotatable bonds is 2. The predicted molar refractivity (Wildman–Crippen MR) is 71.8 cm³/mol. The van der Waals surface area contributed by atoms with Gasteiger partial charge in [-0.1, -0.05) is 13.2 Å².